The summed E-state index contributed by atoms with van der Waals surface area (Å²) in [5.74, 6) is 0. The maximum atomic E-state index is 4.34. The van der Waals surface area contributed by atoms with E-state index in [1.54, 1.807) is 10.7 Å². The van der Waals surface area contributed by atoms with Gasteiger partial charge in [-0.05, 0) is 19.1 Å². The predicted octanol–water partition coefficient (Wildman–Crippen LogP) is 1.76. The van der Waals surface area contributed by atoms with Gasteiger partial charge in [-0.15, -0.1) is 0 Å². The van der Waals surface area contributed by atoms with Crippen LogP contribution in [-0.2, 0) is 0 Å². The Morgan fingerprint density at radius 2 is 2.33 bits per heavy atom. The highest BCUT2D eigenvalue weighted by Crippen LogP contribution is 2.02. The van der Waals surface area contributed by atoms with Crippen LogP contribution in [0.4, 0.5) is 0 Å². The predicted molar refractivity (Wildman–Crippen MR) is 47.7 cm³/mol. The number of fused-ring (bicyclic) bond motifs is 1. The molecule has 3 nitrogen and oxygen atoms in total. The van der Waals surface area contributed by atoms with Crippen molar-refractivity contribution in [3.8, 4) is 0 Å². The van der Waals surface area contributed by atoms with E-state index >= 15 is 0 Å². The minimum absolute atomic E-state index is 0.880. The summed E-state index contributed by atoms with van der Waals surface area (Å²) >= 11 is 0. The fourth-order valence-electron chi connectivity index (χ4n) is 1.09. The van der Waals surface area contributed by atoms with Crippen molar-refractivity contribution in [2.24, 2.45) is 0 Å². The molecule has 12 heavy (non-hydrogen) atoms. The topological polar surface area (TPSA) is 30.2 Å². The summed E-state index contributed by atoms with van der Waals surface area (Å²) in [4.78, 5) is 4.34. The normalized spacial score (nSPS) is 11.4. The largest absolute Gasteiger partial charge is 0.229 e. The van der Waals surface area contributed by atoms with Crippen molar-refractivity contribution >= 4 is 11.7 Å². The third-order valence-electron chi connectivity index (χ3n) is 1.62. The number of hydrogen-bond acceptors (Lipinski definition) is 2. The molecule has 0 aromatic carbocycles. The van der Waals surface area contributed by atoms with E-state index in [4.69, 9.17) is 0 Å². The van der Waals surface area contributed by atoms with E-state index in [0.29, 0.717) is 0 Å². The molecule has 0 spiro atoms. The molecule has 0 fully saturated rings. The highest BCUT2D eigenvalue weighted by molar-refractivity contribution is 5.48. The summed E-state index contributed by atoms with van der Waals surface area (Å²) in [6.45, 7) is 1.97. The van der Waals surface area contributed by atoms with Crippen molar-refractivity contribution < 1.29 is 0 Å². The molecule has 0 saturated heterocycles. The first-order valence-electron chi connectivity index (χ1n) is 3.83. The molecule has 60 valence electrons. The minimum Gasteiger partial charge on any atom is -0.229 e. The molecule has 2 aromatic rings. The van der Waals surface area contributed by atoms with Crippen molar-refractivity contribution in [1.29, 1.82) is 0 Å². The summed E-state index contributed by atoms with van der Waals surface area (Å²) < 4.78 is 1.74. The Morgan fingerprint density at radius 1 is 1.42 bits per heavy atom. The number of nitrogens with zero attached hydrogens (tertiary/aromatic N) is 3. The Labute approximate surface area is 70.4 Å². The lowest BCUT2D eigenvalue weighted by Crippen LogP contribution is -1.90. The van der Waals surface area contributed by atoms with Crippen LogP contribution < -0.4 is 0 Å². The van der Waals surface area contributed by atoms with E-state index in [1.165, 1.54) is 0 Å². The zero-order valence-electron chi connectivity index (χ0n) is 6.81. The fourth-order valence-corrected chi connectivity index (χ4v) is 1.09. The van der Waals surface area contributed by atoms with Crippen LogP contribution in [0.2, 0.25) is 0 Å². The van der Waals surface area contributed by atoms with Crippen LogP contribution in [-0.4, -0.2) is 14.6 Å². The second-order valence-corrected chi connectivity index (χ2v) is 2.49. The van der Waals surface area contributed by atoms with Gasteiger partial charge < -0.3 is 0 Å². The Kier molecular flexibility index (Phi) is 1.63. The van der Waals surface area contributed by atoms with Crippen molar-refractivity contribution in [3.05, 3.63) is 36.3 Å². The van der Waals surface area contributed by atoms with Gasteiger partial charge in [0.1, 0.15) is 0 Å². The van der Waals surface area contributed by atoms with E-state index in [1.807, 2.05) is 37.4 Å². The molecule has 0 aliphatic rings. The third-order valence-corrected chi connectivity index (χ3v) is 1.62. The zero-order chi connectivity index (χ0) is 8.39. The lowest BCUT2D eigenvalue weighted by atomic mass is 10.4. The first-order valence-corrected chi connectivity index (χ1v) is 3.83. The van der Waals surface area contributed by atoms with Crippen LogP contribution in [0.15, 0.2) is 30.6 Å². The van der Waals surface area contributed by atoms with Gasteiger partial charge in [0.2, 0.25) is 0 Å². The van der Waals surface area contributed by atoms with E-state index in [2.05, 4.69) is 10.1 Å². The smallest absolute Gasteiger partial charge is 0.155 e. The van der Waals surface area contributed by atoms with Crippen LogP contribution in [0, 0.1) is 0 Å². The van der Waals surface area contributed by atoms with Gasteiger partial charge in [-0.25, -0.2) is 9.50 Å². The highest BCUT2D eigenvalue weighted by Gasteiger charge is 1.93. The summed E-state index contributed by atoms with van der Waals surface area (Å²) in [7, 11) is 0. The molecule has 0 atom stereocenters. The molecule has 0 unspecified atom stereocenters. The van der Waals surface area contributed by atoms with E-state index in [-0.39, 0.29) is 0 Å². The van der Waals surface area contributed by atoms with E-state index in [9.17, 15) is 0 Å². The number of allylic oxidation sites excluding steroid dienone is 1. The Balaban J connectivity index is 2.60. The van der Waals surface area contributed by atoms with Gasteiger partial charge in [0.05, 0.1) is 11.9 Å². The van der Waals surface area contributed by atoms with Crippen LogP contribution in [0.25, 0.3) is 11.7 Å². The van der Waals surface area contributed by atoms with Crippen LogP contribution in [0.1, 0.15) is 12.6 Å². The maximum Gasteiger partial charge on any atom is 0.155 e. The molecule has 3 heteroatoms. The molecule has 0 radical (unpaired) electrons. The van der Waals surface area contributed by atoms with E-state index < -0.39 is 0 Å². The zero-order valence-corrected chi connectivity index (χ0v) is 6.81. The Bertz CT molecular complexity index is 414. The highest BCUT2D eigenvalue weighted by atomic mass is 15.2. The molecule has 0 aliphatic carbocycles. The molecule has 0 bridgehead atoms. The Morgan fingerprint density at radius 3 is 3.17 bits per heavy atom. The van der Waals surface area contributed by atoms with Crippen molar-refractivity contribution in [2.75, 3.05) is 0 Å². The second-order valence-electron chi connectivity index (χ2n) is 2.49. The first kappa shape index (κ1) is 7.03. The minimum atomic E-state index is 0.880. The lowest BCUT2D eigenvalue weighted by Gasteiger charge is -1.93. The van der Waals surface area contributed by atoms with Gasteiger partial charge in [0.25, 0.3) is 0 Å². The summed E-state index contributed by atoms with van der Waals surface area (Å²) in [6, 6.07) is 3.81. The molecule has 0 saturated carbocycles. The van der Waals surface area contributed by atoms with Crippen LogP contribution in [0.5, 0.6) is 0 Å². The Hall–Kier alpha value is -1.64. The number of rotatable bonds is 1. The molecule has 2 aromatic heterocycles. The standard InChI is InChI=1S/C9H9N3/c1-2-3-8-5-7-12-9(11-8)4-6-10-12/h2-7H,1H3/b3-2+. The average molecular weight is 159 g/mol. The lowest BCUT2D eigenvalue weighted by molar-refractivity contribution is 0.937. The van der Waals surface area contributed by atoms with Gasteiger partial charge in [-0.1, -0.05) is 6.08 Å². The van der Waals surface area contributed by atoms with Gasteiger partial charge in [-0.2, -0.15) is 5.10 Å². The second kappa shape index (κ2) is 2.77. The first-order chi connectivity index (χ1) is 5.90. The van der Waals surface area contributed by atoms with Crippen molar-refractivity contribution in [2.45, 2.75) is 6.92 Å². The SMILES string of the molecule is C/C=C/c1ccn2nccc2n1. The molecular formula is C9H9N3. The van der Waals surface area contributed by atoms with Crippen LogP contribution >= 0.6 is 0 Å². The fraction of sp³-hybridized carbons (Fsp3) is 0.111. The van der Waals surface area contributed by atoms with Crippen molar-refractivity contribution in [3.63, 3.8) is 0 Å². The summed E-state index contributed by atoms with van der Waals surface area (Å²) in [6.07, 6.45) is 7.57. The monoisotopic (exact) mass is 159 g/mol. The number of aromatic nitrogens is 3. The molecule has 0 N–H and O–H groups in total. The molecule has 0 amide bonds. The average Bonchev–Trinajstić information content (AvgIpc) is 2.51. The molecule has 2 rings (SSSR count). The third kappa shape index (κ3) is 1.09. The van der Waals surface area contributed by atoms with E-state index in [0.717, 1.165) is 11.3 Å². The van der Waals surface area contributed by atoms with Crippen LogP contribution in [0.3, 0.4) is 0 Å². The number of hydrogen-bond donors (Lipinski definition) is 0. The van der Waals surface area contributed by atoms with Gasteiger partial charge in [-0.3, -0.25) is 0 Å². The van der Waals surface area contributed by atoms with Gasteiger partial charge in [0, 0.05) is 12.3 Å². The molecule has 2 heterocycles. The molecule has 0 aliphatic heterocycles. The summed E-state index contributed by atoms with van der Waals surface area (Å²) in [5, 5.41) is 4.05. The van der Waals surface area contributed by atoms with Gasteiger partial charge in [0.15, 0.2) is 5.65 Å². The van der Waals surface area contributed by atoms with Crippen molar-refractivity contribution in [1.82, 2.24) is 14.6 Å². The quantitative estimate of drug-likeness (QED) is 0.634. The molecular weight excluding hydrogens is 150 g/mol. The maximum absolute atomic E-state index is 4.34. The summed E-state index contributed by atoms with van der Waals surface area (Å²) in [5.41, 5.74) is 1.84. The van der Waals surface area contributed by atoms with Gasteiger partial charge >= 0.3 is 0 Å².